The molecule has 1 aliphatic heterocycles. The van der Waals surface area contributed by atoms with E-state index in [1.54, 1.807) is 20.8 Å². The molecule has 0 spiro atoms. The molecule has 32 heavy (non-hydrogen) atoms. The first kappa shape index (κ1) is 28.7. The van der Waals surface area contributed by atoms with E-state index in [1.807, 2.05) is 13.8 Å². The van der Waals surface area contributed by atoms with E-state index >= 15 is 0 Å². The van der Waals surface area contributed by atoms with Crippen molar-refractivity contribution in [3.05, 3.63) is 0 Å². The second-order valence-corrected chi connectivity index (χ2v) is 12.4. The molecule has 1 heterocycles. The molecule has 3 amide bonds. The third-order valence-electron chi connectivity index (χ3n) is 5.24. The lowest BCUT2D eigenvalue weighted by Gasteiger charge is -2.32. The van der Waals surface area contributed by atoms with Crippen LogP contribution < -0.4 is 26.4 Å². The van der Waals surface area contributed by atoms with Crippen LogP contribution in [-0.2, 0) is 24.4 Å². The van der Waals surface area contributed by atoms with Crippen molar-refractivity contribution in [2.45, 2.75) is 77.4 Å². The predicted molar refractivity (Wildman–Crippen MR) is 127 cm³/mol. The standard InChI is InChI=1S/C20H39N5O5S2/c1-11(2)9-14(24-19(28)15(20(3,4)5)25-32(6,29)30)18(27)23-13(16(21)31)10-12-7-8-22-17(12)26/h11-16,25,31H,7-10,21H2,1-6H3,(H,22,26)(H,23,27)(H,24,28)/t12-,13-,14-,15+,16-/m0/s1. The Labute approximate surface area is 197 Å². The normalized spacial score (nSPS) is 20.9. The van der Waals surface area contributed by atoms with Gasteiger partial charge in [-0.2, -0.15) is 12.6 Å². The van der Waals surface area contributed by atoms with Gasteiger partial charge in [0, 0.05) is 12.5 Å². The van der Waals surface area contributed by atoms with Crippen molar-refractivity contribution in [1.29, 1.82) is 0 Å². The summed E-state index contributed by atoms with van der Waals surface area (Å²) in [5.74, 6) is -1.31. The van der Waals surface area contributed by atoms with Crippen LogP contribution in [0.3, 0.4) is 0 Å². The molecule has 0 aromatic rings. The first-order valence-corrected chi connectivity index (χ1v) is 13.2. The monoisotopic (exact) mass is 493 g/mol. The fraction of sp³-hybridized carbons (Fsp3) is 0.850. The van der Waals surface area contributed by atoms with Crippen LogP contribution >= 0.6 is 12.6 Å². The molecule has 1 fully saturated rings. The van der Waals surface area contributed by atoms with Gasteiger partial charge in [0.05, 0.1) is 17.7 Å². The lowest BCUT2D eigenvalue weighted by molar-refractivity contribution is -0.132. The molecule has 5 atom stereocenters. The number of amides is 3. The maximum Gasteiger partial charge on any atom is 0.242 e. The Bertz CT molecular complexity index is 780. The Morgan fingerprint density at radius 3 is 2.22 bits per heavy atom. The summed E-state index contributed by atoms with van der Waals surface area (Å²) in [5, 5.41) is 7.59. The van der Waals surface area contributed by atoms with Gasteiger partial charge in [-0.1, -0.05) is 34.6 Å². The molecular weight excluding hydrogens is 454 g/mol. The number of rotatable bonds is 11. The Kier molecular flexibility index (Phi) is 10.4. The van der Waals surface area contributed by atoms with Crippen molar-refractivity contribution >= 4 is 40.4 Å². The van der Waals surface area contributed by atoms with Crippen LogP contribution in [0.5, 0.6) is 0 Å². The van der Waals surface area contributed by atoms with E-state index in [0.29, 0.717) is 25.8 Å². The van der Waals surface area contributed by atoms with Gasteiger partial charge >= 0.3 is 0 Å². The van der Waals surface area contributed by atoms with Gasteiger partial charge in [0.1, 0.15) is 12.1 Å². The van der Waals surface area contributed by atoms with Gasteiger partial charge in [-0.05, 0) is 30.6 Å². The van der Waals surface area contributed by atoms with E-state index in [0.717, 1.165) is 6.26 Å². The second kappa shape index (κ2) is 11.7. The average molecular weight is 494 g/mol. The zero-order chi connectivity index (χ0) is 24.9. The highest BCUT2D eigenvalue weighted by atomic mass is 32.2. The van der Waals surface area contributed by atoms with Gasteiger partial charge in [-0.3, -0.25) is 14.4 Å². The van der Waals surface area contributed by atoms with E-state index in [2.05, 4.69) is 33.3 Å². The van der Waals surface area contributed by atoms with Crippen LogP contribution in [0.2, 0.25) is 0 Å². The molecule has 0 saturated carbocycles. The number of hydrogen-bond donors (Lipinski definition) is 6. The van der Waals surface area contributed by atoms with E-state index < -0.39 is 50.8 Å². The van der Waals surface area contributed by atoms with Crippen LogP contribution in [0.1, 0.15) is 53.9 Å². The maximum atomic E-state index is 13.1. The molecule has 0 aromatic carbocycles. The van der Waals surface area contributed by atoms with E-state index in [-0.39, 0.29) is 17.7 Å². The summed E-state index contributed by atoms with van der Waals surface area (Å²) < 4.78 is 25.9. The summed E-state index contributed by atoms with van der Waals surface area (Å²) in [4.78, 5) is 38.0. The molecule has 0 aromatic heterocycles. The largest absolute Gasteiger partial charge is 0.356 e. The Balaban J connectivity index is 3.00. The summed E-state index contributed by atoms with van der Waals surface area (Å²) in [6.45, 7) is 9.60. The second-order valence-electron chi connectivity index (χ2n) is 10.00. The molecule has 6 N–H and O–H groups in total. The van der Waals surface area contributed by atoms with Crippen molar-refractivity contribution in [2.75, 3.05) is 12.8 Å². The van der Waals surface area contributed by atoms with Crippen LogP contribution in [0.25, 0.3) is 0 Å². The predicted octanol–water partition coefficient (Wildman–Crippen LogP) is -0.293. The Hall–Kier alpha value is -1.37. The van der Waals surface area contributed by atoms with E-state index in [1.165, 1.54) is 0 Å². The van der Waals surface area contributed by atoms with Gasteiger partial charge in [0.25, 0.3) is 0 Å². The summed E-state index contributed by atoms with van der Waals surface area (Å²) >= 11 is 4.26. The molecule has 0 bridgehead atoms. The first-order chi connectivity index (χ1) is 14.5. The van der Waals surface area contributed by atoms with Crippen molar-refractivity contribution in [3.8, 4) is 0 Å². The van der Waals surface area contributed by atoms with Crippen LogP contribution in [-0.4, -0.2) is 62.4 Å². The minimum absolute atomic E-state index is 0.0748. The number of nitrogens with two attached hydrogens (primary N) is 1. The Morgan fingerprint density at radius 2 is 1.81 bits per heavy atom. The van der Waals surface area contributed by atoms with Crippen molar-refractivity contribution in [1.82, 2.24) is 20.7 Å². The van der Waals surface area contributed by atoms with Crippen LogP contribution in [0.4, 0.5) is 0 Å². The number of nitrogens with one attached hydrogen (secondary N) is 4. The molecule has 186 valence electrons. The number of sulfonamides is 1. The molecule has 1 rings (SSSR count). The van der Waals surface area contributed by atoms with Crippen molar-refractivity contribution in [3.63, 3.8) is 0 Å². The quantitative estimate of drug-likeness (QED) is 0.171. The molecule has 10 nitrogen and oxygen atoms in total. The molecule has 0 aliphatic carbocycles. The fourth-order valence-electron chi connectivity index (χ4n) is 3.54. The smallest absolute Gasteiger partial charge is 0.242 e. The van der Waals surface area contributed by atoms with Gasteiger partial charge in [0.2, 0.25) is 27.7 Å². The number of carbonyl (C=O) groups is 3. The van der Waals surface area contributed by atoms with Gasteiger partial charge in [-0.15, -0.1) is 0 Å². The highest BCUT2D eigenvalue weighted by molar-refractivity contribution is 7.88. The topological polar surface area (TPSA) is 159 Å². The third kappa shape index (κ3) is 9.63. The van der Waals surface area contributed by atoms with E-state index in [9.17, 15) is 22.8 Å². The zero-order valence-corrected chi connectivity index (χ0v) is 21.5. The molecular formula is C20H39N5O5S2. The molecule has 1 saturated heterocycles. The molecule has 1 aliphatic rings. The number of carbonyl (C=O) groups excluding carboxylic acids is 3. The summed E-state index contributed by atoms with van der Waals surface area (Å²) in [5.41, 5.74) is 5.22. The van der Waals surface area contributed by atoms with Crippen LogP contribution in [0, 0.1) is 17.3 Å². The minimum atomic E-state index is -3.66. The Morgan fingerprint density at radius 1 is 1.22 bits per heavy atom. The SMILES string of the molecule is CC(C)C[C@H](NC(=O)[C@@H](NS(C)(=O)=O)C(C)(C)C)C(=O)N[C@@H](C[C@@H]1CCNC1=O)[C@@H](N)S. The highest BCUT2D eigenvalue weighted by Gasteiger charge is 2.37. The van der Waals surface area contributed by atoms with Crippen molar-refractivity contribution < 1.29 is 22.8 Å². The molecule has 0 unspecified atom stereocenters. The first-order valence-electron chi connectivity index (χ1n) is 10.8. The van der Waals surface area contributed by atoms with Crippen molar-refractivity contribution in [2.24, 2.45) is 23.0 Å². The number of hydrogen-bond acceptors (Lipinski definition) is 7. The summed E-state index contributed by atoms with van der Waals surface area (Å²) in [7, 11) is -3.66. The highest BCUT2D eigenvalue weighted by Crippen LogP contribution is 2.21. The number of thiol groups is 1. The molecule has 12 heteroatoms. The zero-order valence-electron chi connectivity index (χ0n) is 19.8. The summed E-state index contributed by atoms with van der Waals surface area (Å²) in [6, 6.07) is -2.54. The molecule has 0 radical (unpaired) electrons. The maximum absolute atomic E-state index is 13.1. The van der Waals surface area contributed by atoms with Crippen LogP contribution in [0.15, 0.2) is 0 Å². The lowest BCUT2D eigenvalue weighted by atomic mass is 9.86. The van der Waals surface area contributed by atoms with Gasteiger partial charge in [0.15, 0.2) is 0 Å². The van der Waals surface area contributed by atoms with Gasteiger partial charge < -0.3 is 21.7 Å². The summed E-state index contributed by atoms with van der Waals surface area (Å²) in [6.07, 6.45) is 2.31. The van der Waals surface area contributed by atoms with E-state index in [4.69, 9.17) is 5.73 Å². The van der Waals surface area contributed by atoms with Gasteiger partial charge in [-0.25, -0.2) is 13.1 Å². The average Bonchev–Trinajstić information content (AvgIpc) is 3.01. The lowest BCUT2D eigenvalue weighted by Crippen LogP contribution is -2.59. The fourth-order valence-corrected chi connectivity index (χ4v) is 4.62. The minimum Gasteiger partial charge on any atom is -0.356 e. The third-order valence-corrected chi connectivity index (χ3v) is 6.27.